The molecule has 1 heterocycles. The Kier molecular flexibility index (Phi) is 5.95. The predicted molar refractivity (Wildman–Crippen MR) is 103 cm³/mol. The average molecular weight is 514 g/mol. The van der Waals surface area contributed by atoms with Crippen molar-refractivity contribution < 1.29 is 20.1 Å². The van der Waals surface area contributed by atoms with Crippen LogP contribution < -0.4 is 4.90 Å². The molecule has 0 atom stereocenters. The Balaban J connectivity index is 0.00000196. The monoisotopic (exact) mass is 514 g/mol. The fraction of sp³-hybridized carbons (Fsp3) is 0. The normalized spacial score (nSPS) is 10.0. The molecule has 0 N–H and O–H groups in total. The van der Waals surface area contributed by atoms with Crippen molar-refractivity contribution in [3.05, 3.63) is 109 Å². The van der Waals surface area contributed by atoms with E-state index in [1.165, 1.54) is 0 Å². The molecule has 0 unspecified atom stereocenters. The molecule has 2 nitrogen and oxygen atoms in total. The molecular formula is C23H17IrN2-. The SMILES string of the molecule is [Ir].[c-]1ccccc1-c1ccc(N(c2ccccc2)c2ccccc2)cn1. The minimum Gasteiger partial charge on any atom is -0.309 e. The van der Waals surface area contributed by atoms with Crippen LogP contribution in [0.5, 0.6) is 0 Å². The van der Waals surface area contributed by atoms with E-state index >= 15 is 0 Å². The van der Waals surface area contributed by atoms with Crippen molar-refractivity contribution in [3.63, 3.8) is 0 Å². The summed E-state index contributed by atoms with van der Waals surface area (Å²) in [4.78, 5) is 6.85. The summed E-state index contributed by atoms with van der Waals surface area (Å²) in [7, 11) is 0. The molecule has 0 saturated heterocycles. The van der Waals surface area contributed by atoms with Crippen LogP contribution in [0.1, 0.15) is 0 Å². The number of pyridine rings is 1. The molecule has 129 valence electrons. The molecule has 0 amide bonds. The van der Waals surface area contributed by atoms with Gasteiger partial charge in [0.2, 0.25) is 0 Å². The molecule has 0 bridgehead atoms. The van der Waals surface area contributed by atoms with Gasteiger partial charge in [0.05, 0.1) is 5.69 Å². The van der Waals surface area contributed by atoms with E-state index in [1.54, 1.807) is 0 Å². The molecule has 0 aliphatic heterocycles. The summed E-state index contributed by atoms with van der Waals surface area (Å²) in [5.74, 6) is 0. The number of aromatic nitrogens is 1. The van der Waals surface area contributed by atoms with E-state index in [0.29, 0.717) is 0 Å². The third-order valence-electron chi connectivity index (χ3n) is 4.02. The van der Waals surface area contributed by atoms with Crippen molar-refractivity contribution in [2.75, 3.05) is 4.90 Å². The average Bonchev–Trinajstić information content (AvgIpc) is 2.71. The van der Waals surface area contributed by atoms with Gasteiger partial charge >= 0.3 is 0 Å². The van der Waals surface area contributed by atoms with Gasteiger partial charge in [0, 0.05) is 37.7 Å². The fourth-order valence-electron chi connectivity index (χ4n) is 2.83. The van der Waals surface area contributed by atoms with E-state index in [1.807, 2.05) is 72.9 Å². The van der Waals surface area contributed by atoms with E-state index in [9.17, 15) is 0 Å². The van der Waals surface area contributed by atoms with Crippen LogP contribution in [0.4, 0.5) is 17.1 Å². The van der Waals surface area contributed by atoms with Gasteiger partial charge in [-0.05, 0) is 36.0 Å². The van der Waals surface area contributed by atoms with Gasteiger partial charge in [0.1, 0.15) is 0 Å². The minimum absolute atomic E-state index is 0. The molecule has 0 aliphatic rings. The maximum absolute atomic E-state index is 4.65. The van der Waals surface area contributed by atoms with Crippen LogP contribution in [-0.4, -0.2) is 4.98 Å². The van der Waals surface area contributed by atoms with Gasteiger partial charge in [-0.2, -0.15) is 0 Å². The van der Waals surface area contributed by atoms with Crippen molar-refractivity contribution in [3.8, 4) is 11.3 Å². The second-order valence-electron chi connectivity index (χ2n) is 5.68. The zero-order valence-electron chi connectivity index (χ0n) is 14.0. The quantitative estimate of drug-likeness (QED) is 0.311. The number of rotatable bonds is 4. The van der Waals surface area contributed by atoms with Crippen molar-refractivity contribution in [2.24, 2.45) is 0 Å². The van der Waals surface area contributed by atoms with Gasteiger partial charge in [-0.25, -0.2) is 0 Å². The summed E-state index contributed by atoms with van der Waals surface area (Å²) < 4.78 is 0. The minimum atomic E-state index is 0. The first-order chi connectivity index (χ1) is 12.4. The molecule has 26 heavy (non-hydrogen) atoms. The molecule has 0 aliphatic carbocycles. The maximum atomic E-state index is 4.65. The first-order valence-electron chi connectivity index (χ1n) is 8.25. The molecule has 0 saturated carbocycles. The predicted octanol–water partition coefficient (Wildman–Crippen LogP) is 6.02. The van der Waals surface area contributed by atoms with Crippen LogP contribution in [0.3, 0.4) is 0 Å². The molecule has 1 radical (unpaired) electrons. The van der Waals surface area contributed by atoms with Gasteiger partial charge < -0.3 is 9.88 Å². The first kappa shape index (κ1) is 18.1. The third kappa shape index (κ3) is 3.91. The molecule has 1 aromatic heterocycles. The van der Waals surface area contributed by atoms with Crippen molar-refractivity contribution >= 4 is 17.1 Å². The van der Waals surface area contributed by atoms with E-state index in [-0.39, 0.29) is 20.1 Å². The summed E-state index contributed by atoms with van der Waals surface area (Å²) in [6.07, 6.45) is 1.91. The Morgan fingerprint density at radius 3 is 1.73 bits per heavy atom. The first-order valence-corrected chi connectivity index (χ1v) is 8.25. The van der Waals surface area contributed by atoms with Gasteiger partial charge in [-0.3, -0.25) is 0 Å². The van der Waals surface area contributed by atoms with Crippen LogP contribution in [-0.2, 0) is 20.1 Å². The van der Waals surface area contributed by atoms with Crippen LogP contribution in [0, 0.1) is 6.07 Å². The second-order valence-corrected chi connectivity index (χ2v) is 5.68. The summed E-state index contributed by atoms with van der Waals surface area (Å²) >= 11 is 0. The summed E-state index contributed by atoms with van der Waals surface area (Å²) in [6.45, 7) is 0. The van der Waals surface area contributed by atoms with E-state index in [2.05, 4.69) is 46.3 Å². The maximum Gasteiger partial charge on any atom is 0.0627 e. The Morgan fingerprint density at radius 1 is 0.615 bits per heavy atom. The molecule has 4 rings (SSSR count). The largest absolute Gasteiger partial charge is 0.309 e. The van der Waals surface area contributed by atoms with Crippen LogP contribution in [0.2, 0.25) is 0 Å². The van der Waals surface area contributed by atoms with Gasteiger partial charge in [0.15, 0.2) is 0 Å². The Labute approximate surface area is 167 Å². The Hall–Kier alpha value is -2.74. The third-order valence-corrected chi connectivity index (χ3v) is 4.02. The molecule has 4 aromatic rings. The zero-order chi connectivity index (χ0) is 16.9. The number of benzene rings is 3. The molecular weight excluding hydrogens is 496 g/mol. The molecule has 0 spiro atoms. The van der Waals surface area contributed by atoms with Crippen molar-refractivity contribution in [1.29, 1.82) is 0 Å². The molecule has 0 fully saturated rings. The summed E-state index contributed by atoms with van der Waals surface area (Å²) in [5.41, 5.74) is 5.16. The smallest absolute Gasteiger partial charge is 0.0627 e. The van der Waals surface area contributed by atoms with E-state index in [0.717, 1.165) is 28.3 Å². The molecule has 3 heteroatoms. The van der Waals surface area contributed by atoms with Crippen LogP contribution in [0.25, 0.3) is 11.3 Å². The van der Waals surface area contributed by atoms with E-state index in [4.69, 9.17) is 0 Å². The summed E-state index contributed by atoms with van der Waals surface area (Å²) in [6, 6.07) is 35.9. The van der Waals surface area contributed by atoms with Crippen LogP contribution in [0.15, 0.2) is 103 Å². The standard InChI is InChI=1S/C23H17N2.Ir/c1-4-10-19(11-5-1)23-17-16-22(18-24-23)25(20-12-6-2-7-13-20)21-14-8-3-9-15-21;/h1-10,12-18H;/q-1;. The number of para-hydroxylation sites is 2. The second kappa shape index (κ2) is 8.57. The fourth-order valence-corrected chi connectivity index (χ4v) is 2.83. The number of hydrogen-bond acceptors (Lipinski definition) is 2. The number of nitrogens with zero attached hydrogens (tertiary/aromatic N) is 2. The summed E-state index contributed by atoms with van der Waals surface area (Å²) in [5, 5.41) is 0. The Morgan fingerprint density at radius 2 is 1.23 bits per heavy atom. The van der Waals surface area contributed by atoms with Crippen molar-refractivity contribution in [2.45, 2.75) is 0 Å². The van der Waals surface area contributed by atoms with Crippen LogP contribution >= 0.6 is 0 Å². The van der Waals surface area contributed by atoms with E-state index < -0.39 is 0 Å². The van der Waals surface area contributed by atoms with Crippen molar-refractivity contribution in [1.82, 2.24) is 4.98 Å². The van der Waals surface area contributed by atoms with Gasteiger partial charge in [-0.1, -0.05) is 42.5 Å². The Bertz CT molecular complexity index is 885. The number of hydrogen-bond donors (Lipinski definition) is 0. The topological polar surface area (TPSA) is 16.1 Å². The van der Waals surface area contributed by atoms with Gasteiger partial charge in [-0.15, -0.1) is 35.9 Å². The zero-order valence-corrected chi connectivity index (χ0v) is 16.4. The number of anilines is 3. The van der Waals surface area contributed by atoms with Gasteiger partial charge in [0.25, 0.3) is 0 Å². The molecule has 3 aromatic carbocycles.